The van der Waals surface area contributed by atoms with Crippen LogP contribution in [0.15, 0.2) is 18.3 Å². The van der Waals surface area contributed by atoms with Crippen molar-refractivity contribution in [2.45, 2.75) is 25.7 Å². The molecule has 4 heteroatoms. The minimum atomic E-state index is 0.743. The summed E-state index contributed by atoms with van der Waals surface area (Å²) in [6.07, 6.45) is 7.14. The molecule has 19 heavy (non-hydrogen) atoms. The molecule has 104 valence electrons. The number of pyridine rings is 1. The average Bonchev–Trinajstić information content (AvgIpc) is 2.94. The number of nitrogen functional groups attached to an aromatic ring is 1. The van der Waals surface area contributed by atoms with Gasteiger partial charge in [0.25, 0.3) is 0 Å². The highest BCUT2D eigenvalue weighted by atomic mass is 15.2. The van der Waals surface area contributed by atoms with Gasteiger partial charge in [0.1, 0.15) is 5.82 Å². The highest BCUT2D eigenvalue weighted by molar-refractivity contribution is 5.45. The molecule has 1 aromatic rings. The van der Waals surface area contributed by atoms with Crippen molar-refractivity contribution in [2.24, 2.45) is 5.92 Å². The summed E-state index contributed by atoms with van der Waals surface area (Å²) in [5, 5.41) is 0. The monoisotopic (exact) mass is 260 g/mol. The fraction of sp³-hybridized carbons (Fsp3) is 0.667. The van der Waals surface area contributed by atoms with Crippen LogP contribution in [0.25, 0.3) is 0 Å². The van der Waals surface area contributed by atoms with E-state index in [0.717, 1.165) is 30.5 Å². The molecule has 0 bridgehead atoms. The van der Waals surface area contributed by atoms with Gasteiger partial charge in [-0.25, -0.2) is 4.98 Å². The second kappa shape index (κ2) is 5.78. The molecule has 2 fully saturated rings. The largest absolute Gasteiger partial charge is 0.397 e. The van der Waals surface area contributed by atoms with Gasteiger partial charge < -0.3 is 15.5 Å². The Morgan fingerprint density at radius 3 is 2.47 bits per heavy atom. The summed E-state index contributed by atoms with van der Waals surface area (Å²) < 4.78 is 0. The molecule has 4 nitrogen and oxygen atoms in total. The molecular formula is C15H24N4. The van der Waals surface area contributed by atoms with E-state index in [4.69, 9.17) is 5.73 Å². The Hall–Kier alpha value is -1.29. The van der Waals surface area contributed by atoms with Crippen LogP contribution in [0.4, 0.5) is 11.5 Å². The second-order valence-electron chi connectivity index (χ2n) is 5.89. The molecule has 0 unspecified atom stereocenters. The van der Waals surface area contributed by atoms with Crippen molar-refractivity contribution in [1.82, 2.24) is 9.88 Å². The minimum absolute atomic E-state index is 0.743. The van der Waals surface area contributed by atoms with Crippen LogP contribution < -0.4 is 10.6 Å². The lowest BCUT2D eigenvalue weighted by atomic mass is 9.96. The summed E-state index contributed by atoms with van der Waals surface area (Å²) in [6.45, 7) is 6.22. The molecule has 2 aliphatic heterocycles. The molecule has 0 spiro atoms. The lowest BCUT2D eigenvalue weighted by Crippen LogP contribution is -2.38. The summed E-state index contributed by atoms with van der Waals surface area (Å²) in [7, 11) is 0. The van der Waals surface area contributed by atoms with E-state index >= 15 is 0 Å². The lowest BCUT2D eigenvalue weighted by Gasteiger charge is -2.34. The quantitative estimate of drug-likeness (QED) is 0.902. The van der Waals surface area contributed by atoms with Crippen LogP contribution in [-0.4, -0.2) is 42.6 Å². The molecule has 0 saturated carbocycles. The van der Waals surface area contributed by atoms with Gasteiger partial charge in [-0.15, -0.1) is 0 Å². The molecule has 0 radical (unpaired) electrons. The van der Waals surface area contributed by atoms with Gasteiger partial charge >= 0.3 is 0 Å². The Morgan fingerprint density at radius 2 is 1.84 bits per heavy atom. The standard InChI is InChI=1S/C15H24N4/c16-14-3-4-15(17-11-14)19-9-5-13(6-10-19)12-18-7-1-2-8-18/h3-4,11,13H,1-2,5-10,12,16H2. The third kappa shape index (κ3) is 3.18. The van der Waals surface area contributed by atoms with Crippen LogP contribution in [0, 0.1) is 5.92 Å². The maximum absolute atomic E-state index is 5.68. The van der Waals surface area contributed by atoms with E-state index in [9.17, 15) is 0 Å². The number of aromatic nitrogens is 1. The molecule has 3 rings (SSSR count). The van der Waals surface area contributed by atoms with Crippen molar-refractivity contribution in [1.29, 1.82) is 0 Å². The second-order valence-corrected chi connectivity index (χ2v) is 5.89. The Labute approximate surface area is 115 Å². The van der Waals surface area contributed by atoms with Gasteiger partial charge in [0.05, 0.1) is 11.9 Å². The van der Waals surface area contributed by atoms with Gasteiger partial charge in [-0.3, -0.25) is 0 Å². The van der Waals surface area contributed by atoms with Gasteiger partial charge in [-0.1, -0.05) is 0 Å². The molecule has 0 amide bonds. The Morgan fingerprint density at radius 1 is 1.11 bits per heavy atom. The fourth-order valence-electron chi connectivity index (χ4n) is 3.26. The third-order valence-corrected chi connectivity index (χ3v) is 4.42. The van der Waals surface area contributed by atoms with Crippen LogP contribution in [0.2, 0.25) is 0 Å². The van der Waals surface area contributed by atoms with E-state index in [1.54, 1.807) is 6.20 Å². The Bertz CT molecular complexity index is 389. The summed E-state index contributed by atoms with van der Waals surface area (Å²) in [6, 6.07) is 3.98. The predicted molar refractivity (Wildman–Crippen MR) is 79.3 cm³/mol. The smallest absolute Gasteiger partial charge is 0.128 e. The number of rotatable bonds is 3. The van der Waals surface area contributed by atoms with Crippen molar-refractivity contribution in [3.05, 3.63) is 18.3 Å². The summed E-state index contributed by atoms with van der Waals surface area (Å²) in [5.74, 6) is 1.96. The topological polar surface area (TPSA) is 45.4 Å². The number of nitrogens with two attached hydrogens (primary N) is 1. The molecule has 2 saturated heterocycles. The third-order valence-electron chi connectivity index (χ3n) is 4.42. The van der Waals surface area contributed by atoms with Crippen molar-refractivity contribution in [3.63, 3.8) is 0 Å². The normalized spacial score (nSPS) is 22.0. The van der Waals surface area contributed by atoms with Crippen LogP contribution in [0.5, 0.6) is 0 Å². The number of nitrogens with zero attached hydrogens (tertiary/aromatic N) is 3. The lowest BCUT2D eigenvalue weighted by molar-refractivity contribution is 0.249. The van der Waals surface area contributed by atoms with Gasteiger partial charge in [0.2, 0.25) is 0 Å². The summed E-state index contributed by atoms with van der Waals surface area (Å²) in [4.78, 5) is 9.45. The maximum Gasteiger partial charge on any atom is 0.128 e. The van der Waals surface area contributed by atoms with E-state index in [2.05, 4.69) is 14.8 Å². The number of hydrogen-bond donors (Lipinski definition) is 1. The van der Waals surface area contributed by atoms with Crippen molar-refractivity contribution >= 4 is 11.5 Å². The molecule has 3 heterocycles. The first-order valence-corrected chi connectivity index (χ1v) is 7.50. The van der Waals surface area contributed by atoms with Crippen molar-refractivity contribution in [3.8, 4) is 0 Å². The van der Waals surface area contributed by atoms with Gasteiger partial charge in [0, 0.05) is 19.6 Å². The average molecular weight is 260 g/mol. The fourth-order valence-corrected chi connectivity index (χ4v) is 3.26. The van der Waals surface area contributed by atoms with Crippen LogP contribution in [-0.2, 0) is 0 Å². The van der Waals surface area contributed by atoms with Crippen LogP contribution in [0.3, 0.4) is 0 Å². The van der Waals surface area contributed by atoms with E-state index < -0.39 is 0 Å². The number of piperidine rings is 1. The van der Waals surface area contributed by atoms with E-state index in [1.165, 1.54) is 45.3 Å². The molecule has 0 atom stereocenters. The first kappa shape index (κ1) is 12.7. The predicted octanol–water partition coefficient (Wildman–Crippen LogP) is 1.98. The number of anilines is 2. The molecular weight excluding hydrogens is 236 g/mol. The number of likely N-dealkylation sites (tertiary alicyclic amines) is 1. The highest BCUT2D eigenvalue weighted by Gasteiger charge is 2.23. The Balaban J connectivity index is 1.50. The van der Waals surface area contributed by atoms with E-state index in [1.807, 2.05) is 12.1 Å². The summed E-state index contributed by atoms with van der Waals surface area (Å²) in [5.41, 5.74) is 6.43. The Kier molecular flexibility index (Phi) is 3.87. The molecule has 0 aliphatic carbocycles. The molecule has 2 aliphatic rings. The van der Waals surface area contributed by atoms with Gasteiger partial charge in [-0.2, -0.15) is 0 Å². The summed E-state index contributed by atoms with van der Waals surface area (Å²) >= 11 is 0. The van der Waals surface area contributed by atoms with Gasteiger partial charge in [0.15, 0.2) is 0 Å². The van der Waals surface area contributed by atoms with Crippen molar-refractivity contribution in [2.75, 3.05) is 43.4 Å². The van der Waals surface area contributed by atoms with Crippen LogP contribution in [0.1, 0.15) is 25.7 Å². The zero-order valence-corrected chi connectivity index (χ0v) is 11.6. The zero-order chi connectivity index (χ0) is 13.1. The van der Waals surface area contributed by atoms with E-state index in [-0.39, 0.29) is 0 Å². The maximum atomic E-state index is 5.68. The minimum Gasteiger partial charge on any atom is -0.397 e. The van der Waals surface area contributed by atoms with Gasteiger partial charge in [-0.05, 0) is 56.8 Å². The highest BCUT2D eigenvalue weighted by Crippen LogP contribution is 2.24. The van der Waals surface area contributed by atoms with E-state index in [0.29, 0.717) is 0 Å². The van der Waals surface area contributed by atoms with Crippen LogP contribution >= 0.6 is 0 Å². The van der Waals surface area contributed by atoms with Crippen molar-refractivity contribution < 1.29 is 0 Å². The molecule has 0 aromatic carbocycles. The first-order chi connectivity index (χ1) is 9.31. The SMILES string of the molecule is Nc1ccc(N2CCC(CN3CCCC3)CC2)nc1. The first-order valence-electron chi connectivity index (χ1n) is 7.50. The number of hydrogen-bond acceptors (Lipinski definition) is 4. The molecule has 1 aromatic heterocycles. The molecule has 2 N–H and O–H groups in total. The zero-order valence-electron chi connectivity index (χ0n) is 11.6.